The van der Waals surface area contributed by atoms with Crippen LogP contribution >= 0.6 is 11.6 Å². The van der Waals surface area contributed by atoms with Gasteiger partial charge in [0, 0.05) is 18.2 Å². The van der Waals surface area contributed by atoms with Gasteiger partial charge in [-0.25, -0.2) is 0 Å². The van der Waals surface area contributed by atoms with Crippen molar-refractivity contribution in [2.24, 2.45) is 11.7 Å². The molecule has 0 spiro atoms. The number of nitrogens with zero attached hydrogens (tertiary/aromatic N) is 1. The average Bonchev–Trinajstić information content (AvgIpc) is 3.28. The molecule has 1 heterocycles. The van der Waals surface area contributed by atoms with Crippen molar-refractivity contribution in [3.05, 3.63) is 40.6 Å². The largest absolute Gasteiger partial charge is 0.360 e. The highest BCUT2D eigenvalue weighted by molar-refractivity contribution is 6.33. The zero-order chi connectivity index (χ0) is 15.7. The molecule has 0 saturated heterocycles. The lowest BCUT2D eigenvalue weighted by atomic mass is 10.0. The maximum absolute atomic E-state index is 12.6. The van der Waals surface area contributed by atoms with Gasteiger partial charge in [-0.3, -0.25) is 4.79 Å². The number of halogens is 1. The first-order valence-electron chi connectivity index (χ1n) is 7.34. The fourth-order valence-corrected chi connectivity index (χ4v) is 2.81. The summed E-state index contributed by atoms with van der Waals surface area (Å²) in [4.78, 5) is 12.6. The number of rotatable bonds is 5. The van der Waals surface area contributed by atoms with Crippen LogP contribution in [0.4, 0.5) is 0 Å². The van der Waals surface area contributed by atoms with Crippen LogP contribution < -0.4 is 11.1 Å². The van der Waals surface area contributed by atoms with Crippen LogP contribution in [0.25, 0.3) is 11.3 Å². The summed E-state index contributed by atoms with van der Waals surface area (Å²) in [6.45, 7) is 2.15. The van der Waals surface area contributed by atoms with E-state index < -0.39 is 0 Å². The molecule has 1 amide bonds. The van der Waals surface area contributed by atoms with Crippen LogP contribution in [0.15, 0.2) is 28.8 Å². The van der Waals surface area contributed by atoms with E-state index in [9.17, 15) is 4.79 Å². The van der Waals surface area contributed by atoms with Crippen molar-refractivity contribution in [2.75, 3.05) is 6.54 Å². The number of hydrogen-bond acceptors (Lipinski definition) is 4. The second-order valence-corrected chi connectivity index (χ2v) is 6.00. The number of carbonyl (C=O) groups is 1. The zero-order valence-electron chi connectivity index (χ0n) is 12.3. The Balaban J connectivity index is 1.92. The van der Waals surface area contributed by atoms with Crippen LogP contribution in [0, 0.1) is 12.8 Å². The monoisotopic (exact) mass is 319 g/mol. The summed E-state index contributed by atoms with van der Waals surface area (Å²) < 4.78 is 5.22. The Bertz CT molecular complexity index is 694. The van der Waals surface area contributed by atoms with Crippen LogP contribution in [0.1, 0.15) is 29.0 Å². The SMILES string of the molecule is Cc1onc(-c2ccccc2Cl)c1C(=O)NC(CN)C1CC1. The van der Waals surface area contributed by atoms with Crippen LogP contribution in [-0.4, -0.2) is 23.7 Å². The van der Waals surface area contributed by atoms with E-state index in [-0.39, 0.29) is 11.9 Å². The highest BCUT2D eigenvalue weighted by Gasteiger charge is 2.33. The Kier molecular flexibility index (Phi) is 4.18. The minimum absolute atomic E-state index is 0.000829. The van der Waals surface area contributed by atoms with E-state index in [1.54, 1.807) is 13.0 Å². The summed E-state index contributed by atoms with van der Waals surface area (Å²) in [6, 6.07) is 7.25. The number of carbonyl (C=O) groups excluding carboxylic acids is 1. The Morgan fingerprint density at radius 1 is 1.50 bits per heavy atom. The van der Waals surface area contributed by atoms with Crippen molar-refractivity contribution in [1.82, 2.24) is 10.5 Å². The number of aryl methyl sites for hydroxylation is 1. The molecule has 1 aromatic heterocycles. The van der Waals surface area contributed by atoms with E-state index >= 15 is 0 Å². The summed E-state index contributed by atoms with van der Waals surface area (Å²) in [5.41, 5.74) is 7.32. The molecule has 22 heavy (non-hydrogen) atoms. The number of nitrogens with one attached hydrogen (secondary N) is 1. The molecule has 1 aliphatic rings. The Labute approximate surface area is 133 Å². The van der Waals surface area contributed by atoms with E-state index in [2.05, 4.69) is 10.5 Å². The third-order valence-electron chi connectivity index (χ3n) is 3.98. The number of aromatic nitrogens is 1. The third-order valence-corrected chi connectivity index (χ3v) is 4.31. The van der Waals surface area contributed by atoms with E-state index in [0.717, 1.165) is 12.8 Å². The molecule has 116 valence electrons. The molecule has 1 aromatic carbocycles. The molecular weight excluding hydrogens is 302 g/mol. The fraction of sp³-hybridized carbons (Fsp3) is 0.375. The normalized spacial score (nSPS) is 15.6. The first kappa shape index (κ1) is 15.1. The van der Waals surface area contributed by atoms with Gasteiger partial charge in [0.2, 0.25) is 0 Å². The van der Waals surface area contributed by atoms with Gasteiger partial charge in [0.1, 0.15) is 17.0 Å². The molecule has 1 unspecified atom stereocenters. The Hall–Kier alpha value is -1.85. The van der Waals surface area contributed by atoms with E-state index in [1.807, 2.05) is 18.2 Å². The summed E-state index contributed by atoms with van der Waals surface area (Å²) in [5, 5.41) is 7.53. The minimum Gasteiger partial charge on any atom is -0.360 e. The third kappa shape index (κ3) is 2.87. The first-order chi connectivity index (χ1) is 10.6. The lowest BCUT2D eigenvalue weighted by molar-refractivity contribution is 0.0932. The molecule has 1 atom stereocenters. The van der Waals surface area contributed by atoms with E-state index in [1.165, 1.54) is 0 Å². The summed E-state index contributed by atoms with van der Waals surface area (Å²) in [6.07, 6.45) is 2.23. The van der Waals surface area contributed by atoms with E-state index in [4.69, 9.17) is 21.9 Å². The predicted octanol–water partition coefficient (Wildman–Crippen LogP) is 2.77. The van der Waals surface area contributed by atoms with Gasteiger partial charge in [-0.05, 0) is 31.7 Å². The highest BCUT2D eigenvalue weighted by atomic mass is 35.5. The summed E-state index contributed by atoms with van der Waals surface area (Å²) in [7, 11) is 0. The molecule has 0 aliphatic heterocycles. The second-order valence-electron chi connectivity index (χ2n) is 5.60. The summed E-state index contributed by atoms with van der Waals surface area (Å²) in [5.74, 6) is 0.743. The lowest BCUT2D eigenvalue weighted by Gasteiger charge is -2.16. The van der Waals surface area contributed by atoms with Crippen molar-refractivity contribution >= 4 is 17.5 Å². The molecule has 5 nitrogen and oxygen atoms in total. The number of amides is 1. The van der Waals surface area contributed by atoms with Gasteiger partial charge in [-0.15, -0.1) is 0 Å². The molecular formula is C16H18ClN3O2. The van der Waals surface area contributed by atoms with Gasteiger partial charge in [0.15, 0.2) is 0 Å². The highest BCUT2D eigenvalue weighted by Crippen LogP contribution is 2.34. The van der Waals surface area contributed by atoms with Gasteiger partial charge in [-0.2, -0.15) is 0 Å². The molecule has 6 heteroatoms. The maximum Gasteiger partial charge on any atom is 0.257 e. The Morgan fingerprint density at radius 3 is 2.86 bits per heavy atom. The second kappa shape index (κ2) is 6.10. The van der Waals surface area contributed by atoms with Crippen LogP contribution in [-0.2, 0) is 0 Å². The number of hydrogen-bond donors (Lipinski definition) is 2. The molecule has 2 aromatic rings. The zero-order valence-corrected chi connectivity index (χ0v) is 13.1. The van der Waals surface area contributed by atoms with E-state index in [0.29, 0.717) is 40.1 Å². The van der Waals surface area contributed by atoms with Crippen molar-refractivity contribution < 1.29 is 9.32 Å². The standard InChI is InChI=1S/C16H18ClN3O2/c1-9-14(16(21)19-13(8-18)10-6-7-10)15(20-22-9)11-4-2-3-5-12(11)17/h2-5,10,13H,6-8,18H2,1H3,(H,19,21). The predicted molar refractivity (Wildman–Crippen MR) is 84.7 cm³/mol. The maximum atomic E-state index is 12.6. The topological polar surface area (TPSA) is 81.2 Å². The number of nitrogens with two attached hydrogens (primary N) is 1. The molecule has 3 N–H and O–H groups in total. The van der Waals surface area contributed by atoms with Gasteiger partial charge < -0.3 is 15.6 Å². The van der Waals surface area contributed by atoms with Crippen LogP contribution in [0.5, 0.6) is 0 Å². The van der Waals surface area contributed by atoms with Gasteiger partial charge >= 0.3 is 0 Å². The van der Waals surface area contributed by atoms with Gasteiger partial charge in [-0.1, -0.05) is 35.0 Å². The summed E-state index contributed by atoms with van der Waals surface area (Å²) >= 11 is 6.20. The van der Waals surface area contributed by atoms with Crippen molar-refractivity contribution in [2.45, 2.75) is 25.8 Å². The van der Waals surface area contributed by atoms with Crippen LogP contribution in [0.2, 0.25) is 5.02 Å². The first-order valence-corrected chi connectivity index (χ1v) is 7.71. The van der Waals surface area contributed by atoms with Gasteiger partial charge in [0.05, 0.1) is 5.02 Å². The van der Waals surface area contributed by atoms with Crippen molar-refractivity contribution in [1.29, 1.82) is 0 Å². The molecule has 1 saturated carbocycles. The Morgan fingerprint density at radius 2 is 2.23 bits per heavy atom. The molecule has 0 bridgehead atoms. The molecule has 0 radical (unpaired) electrons. The molecule has 1 aliphatic carbocycles. The number of benzene rings is 1. The molecule has 3 rings (SSSR count). The quantitative estimate of drug-likeness (QED) is 0.888. The van der Waals surface area contributed by atoms with Crippen molar-refractivity contribution in [3.63, 3.8) is 0 Å². The smallest absolute Gasteiger partial charge is 0.257 e. The average molecular weight is 320 g/mol. The fourth-order valence-electron chi connectivity index (χ4n) is 2.59. The molecule has 1 fully saturated rings. The lowest BCUT2D eigenvalue weighted by Crippen LogP contribution is -2.42. The minimum atomic E-state index is -0.212. The van der Waals surface area contributed by atoms with Crippen LogP contribution in [0.3, 0.4) is 0 Å². The van der Waals surface area contributed by atoms with Crippen molar-refractivity contribution in [3.8, 4) is 11.3 Å². The van der Waals surface area contributed by atoms with Gasteiger partial charge in [0.25, 0.3) is 5.91 Å².